The van der Waals surface area contributed by atoms with Crippen molar-refractivity contribution in [2.75, 3.05) is 24.2 Å². The van der Waals surface area contributed by atoms with Gasteiger partial charge in [0.2, 0.25) is 21.8 Å². The molecule has 8 nitrogen and oxygen atoms in total. The van der Waals surface area contributed by atoms with Crippen LogP contribution in [-0.4, -0.2) is 57.1 Å². The lowest BCUT2D eigenvalue weighted by Crippen LogP contribution is -2.53. The van der Waals surface area contributed by atoms with Gasteiger partial charge in [0.15, 0.2) is 0 Å². The largest absolute Gasteiger partial charge is 0.497 e. The SMILES string of the molecule is CCC(C(=O)NC(C)C)N(Cc1ccc(OC)cc1)C(=O)CN(c1ccccc1Br)S(C)(=O)=O. The highest BCUT2D eigenvalue weighted by atomic mass is 79.9. The third kappa shape index (κ3) is 7.46. The van der Waals surface area contributed by atoms with Gasteiger partial charge in [-0.3, -0.25) is 13.9 Å². The number of para-hydroxylation sites is 1. The summed E-state index contributed by atoms with van der Waals surface area (Å²) >= 11 is 3.37. The first-order chi connectivity index (χ1) is 16.0. The van der Waals surface area contributed by atoms with Crippen LogP contribution in [0.3, 0.4) is 0 Å². The van der Waals surface area contributed by atoms with Gasteiger partial charge in [0, 0.05) is 17.1 Å². The second-order valence-corrected chi connectivity index (χ2v) is 10.9. The number of nitrogens with one attached hydrogen (secondary N) is 1. The molecule has 0 saturated carbocycles. The Morgan fingerprint density at radius 3 is 2.21 bits per heavy atom. The summed E-state index contributed by atoms with van der Waals surface area (Å²) in [5.74, 6) is -0.0997. The number of anilines is 1. The van der Waals surface area contributed by atoms with Crippen molar-refractivity contribution in [1.82, 2.24) is 10.2 Å². The highest BCUT2D eigenvalue weighted by Crippen LogP contribution is 2.28. The summed E-state index contributed by atoms with van der Waals surface area (Å²) < 4.78 is 32.1. The van der Waals surface area contributed by atoms with Crippen LogP contribution < -0.4 is 14.4 Å². The zero-order valence-electron chi connectivity index (χ0n) is 20.1. The number of halogens is 1. The van der Waals surface area contributed by atoms with E-state index in [-0.39, 0.29) is 18.5 Å². The number of rotatable bonds is 11. The molecular formula is C24H32BrN3O5S. The van der Waals surface area contributed by atoms with Gasteiger partial charge in [-0.2, -0.15) is 0 Å². The van der Waals surface area contributed by atoms with Crippen molar-refractivity contribution in [2.45, 2.75) is 45.8 Å². The molecule has 1 unspecified atom stereocenters. The van der Waals surface area contributed by atoms with Crippen molar-refractivity contribution in [3.63, 3.8) is 0 Å². The van der Waals surface area contributed by atoms with Gasteiger partial charge in [0.1, 0.15) is 18.3 Å². The minimum atomic E-state index is -3.78. The Hall–Kier alpha value is -2.59. The average molecular weight is 555 g/mol. The van der Waals surface area contributed by atoms with Crippen LogP contribution in [0.1, 0.15) is 32.8 Å². The first kappa shape index (κ1) is 27.7. The van der Waals surface area contributed by atoms with E-state index in [4.69, 9.17) is 4.74 Å². The Morgan fingerprint density at radius 2 is 1.71 bits per heavy atom. The number of amides is 2. The van der Waals surface area contributed by atoms with Gasteiger partial charge >= 0.3 is 0 Å². The highest BCUT2D eigenvalue weighted by Gasteiger charge is 2.32. The maximum Gasteiger partial charge on any atom is 0.244 e. The van der Waals surface area contributed by atoms with Crippen LogP contribution in [0.2, 0.25) is 0 Å². The number of hydrogen-bond acceptors (Lipinski definition) is 5. The summed E-state index contributed by atoms with van der Waals surface area (Å²) in [5, 5.41) is 2.87. The molecule has 0 spiro atoms. The highest BCUT2D eigenvalue weighted by molar-refractivity contribution is 9.10. The molecule has 0 fully saturated rings. The summed E-state index contributed by atoms with van der Waals surface area (Å²) in [6, 6.07) is 13.1. The van der Waals surface area contributed by atoms with Crippen molar-refractivity contribution in [2.24, 2.45) is 0 Å². The Morgan fingerprint density at radius 1 is 1.09 bits per heavy atom. The summed E-state index contributed by atoms with van der Waals surface area (Å²) in [6.07, 6.45) is 1.42. The summed E-state index contributed by atoms with van der Waals surface area (Å²) in [5.41, 5.74) is 1.14. The lowest BCUT2D eigenvalue weighted by Gasteiger charge is -2.33. The maximum atomic E-state index is 13.6. The molecule has 2 rings (SSSR count). The van der Waals surface area contributed by atoms with Crippen LogP contribution in [-0.2, 0) is 26.2 Å². The second-order valence-electron chi connectivity index (χ2n) is 8.18. The smallest absolute Gasteiger partial charge is 0.244 e. The fourth-order valence-electron chi connectivity index (χ4n) is 3.48. The molecule has 186 valence electrons. The van der Waals surface area contributed by atoms with E-state index in [1.54, 1.807) is 43.5 Å². The van der Waals surface area contributed by atoms with Gasteiger partial charge in [-0.15, -0.1) is 0 Å². The molecule has 0 aliphatic carbocycles. The number of hydrogen-bond donors (Lipinski definition) is 1. The monoisotopic (exact) mass is 553 g/mol. The first-order valence-electron chi connectivity index (χ1n) is 10.9. The molecule has 0 aliphatic rings. The topological polar surface area (TPSA) is 96.0 Å². The van der Waals surface area contributed by atoms with Crippen molar-refractivity contribution in [1.29, 1.82) is 0 Å². The van der Waals surface area contributed by atoms with E-state index in [9.17, 15) is 18.0 Å². The zero-order valence-corrected chi connectivity index (χ0v) is 22.5. The lowest BCUT2D eigenvalue weighted by molar-refractivity contribution is -0.140. The van der Waals surface area contributed by atoms with E-state index < -0.39 is 28.5 Å². The number of methoxy groups -OCH3 is 1. The predicted octanol–water partition coefficient (Wildman–Crippen LogP) is 3.56. The van der Waals surface area contributed by atoms with Crippen LogP contribution in [0, 0.1) is 0 Å². The summed E-state index contributed by atoms with van der Waals surface area (Å²) in [7, 11) is -2.22. The van der Waals surface area contributed by atoms with Gasteiger partial charge in [-0.25, -0.2) is 8.42 Å². The number of sulfonamides is 1. The summed E-state index contributed by atoms with van der Waals surface area (Å²) in [4.78, 5) is 28.0. The Kier molecular flexibility index (Phi) is 9.93. The van der Waals surface area contributed by atoms with Crippen LogP contribution in [0.4, 0.5) is 5.69 Å². The predicted molar refractivity (Wildman–Crippen MR) is 137 cm³/mol. The van der Waals surface area contributed by atoms with Crippen LogP contribution in [0.15, 0.2) is 53.0 Å². The molecule has 0 saturated heterocycles. The molecule has 0 aliphatic heterocycles. The Balaban J connectivity index is 2.44. The minimum Gasteiger partial charge on any atom is -0.497 e. The number of carbonyl (C=O) groups is 2. The molecule has 1 atom stereocenters. The fourth-order valence-corrected chi connectivity index (χ4v) is 4.95. The molecule has 2 aromatic rings. The number of benzene rings is 2. The fraction of sp³-hybridized carbons (Fsp3) is 0.417. The van der Waals surface area contributed by atoms with Gasteiger partial charge in [-0.1, -0.05) is 31.2 Å². The zero-order chi connectivity index (χ0) is 25.5. The standard InChI is InChI=1S/C24H32BrN3O5S/c1-6-21(24(30)26-17(2)3)27(15-18-11-13-19(33-4)14-12-18)23(29)16-28(34(5,31)32)22-10-8-7-9-20(22)25/h7-14,17,21H,6,15-16H2,1-5H3,(H,26,30). The molecule has 2 aromatic carbocycles. The quantitative estimate of drug-likeness (QED) is 0.459. The van der Waals surface area contributed by atoms with Gasteiger partial charge in [-0.05, 0) is 66.0 Å². The van der Waals surface area contributed by atoms with Crippen LogP contribution >= 0.6 is 15.9 Å². The van der Waals surface area contributed by atoms with E-state index in [0.717, 1.165) is 16.1 Å². The van der Waals surface area contributed by atoms with Crippen molar-refractivity contribution in [3.8, 4) is 5.75 Å². The Labute approximate surface area is 210 Å². The lowest BCUT2D eigenvalue weighted by atomic mass is 10.1. The third-order valence-corrected chi connectivity index (χ3v) is 6.93. The van der Waals surface area contributed by atoms with Crippen molar-refractivity contribution < 1.29 is 22.7 Å². The molecule has 10 heteroatoms. The van der Waals surface area contributed by atoms with E-state index in [1.165, 1.54) is 4.90 Å². The molecule has 0 radical (unpaired) electrons. The van der Waals surface area contributed by atoms with Gasteiger partial charge in [0.25, 0.3) is 0 Å². The maximum absolute atomic E-state index is 13.6. The molecule has 2 amide bonds. The van der Waals surface area contributed by atoms with Crippen molar-refractivity contribution in [3.05, 3.63) is 58.6 Å². The third-order valence-electron chi connectivity index (χ3n) is 5.13. The molecule has 1 N–H and O–H groups in total. The van der Waals surface area contributed by atoms with E-state index in [1.807, 2.05) is 32.9 Å². The van der Waals surface area contributed by atoms with E-state index in [2.05, 4.69) is 21.2 Å². The van der Waals surface area contributed by atoms with Crippen molar-refractivity contribution >= 4 is 43.5 Å². The minimum absolute atomic E-state index is 0.104. The second kappa shape index (κ2) is 12.2. The average Bonchev–Trinajstić information content (AvgIpc) is 2.77. The first-order valence-corrected chi connectivity index (χ1v) is 13.6. The Bertz CT molecular complexity index is 1090. The molecule has 0 bridgehead atoms. The molecule has 0 aromatic heterocycles. The van der Waals surface area contributed by atoms with E-state index >= 15 is 0 Å². The van der Waals surface area contributed by atoms with E-state index in [0.29, 0.717) is 22.3 Å². The molecular weight excluding hydrogens is 522 g/mol. The molecule has 0 heterocycles. The van der Waals surface area contributed by atoms with Gasteiger partial charge in [0.05, 0.1) is 19.1 Å². The normalized spacial score (nSPS) is 12.2. The number of ether oxygens (including phenoxy) is 1. The molecule has 34 heavy (non-hydrogen) atoms. The van der Waals surface area contributed by atoms with Gasteiger partial charge < -0.3 is 15.0 Å². The van der Waals surface area contributed by atoms with Crippen LogP contribution in [0.5, 0.6) is 5.75 Å². The number of carbonyl (C=O) groups excluding carboxylic acids is 2. The van der Waals surface area contributed by atoms with Crippen LogP contribution in [0.25, 0.3) is 0 Å². The summed E-state index contributed by atoms with van der Waals surface area (Å²) in [6.45, 7) is 5.21. The number of nitrogens with zero attached hydrogens (tertiary/aromatic N) is 2.